The minimum atomic E-state index is -0.952. The lowest BCUT2D eigenvalue weighted by Gasteiger charge is -2.14. The summed E-state index contributed by atoms with van der Waals surface area (Å²) in [6.07, 6.45) is 2.11. The molecule has 14 heavy (non-hydrogen) atoms. The highest BCUT2D eigenvalue weighted by Crippen LogP contribution is 2.27. The first-order valence-electron chi connectivity index (χ1n) is 3.98. The van der Waals surface area contributed by atoms with Gasteiger partial charge in [0.05, 0.1) is 0 Å². The van der Waals surface area contributed by atoms with Gasteiger partial charge in [0.1, 0.15) is 18.6 Å². The molecule has 1 aromatic rings. The molecule has 0 saturated carbocycles. The molecular weight excluding hydrogens is 190 g/mol. The molecule has 2 rings (SSSR count). The number of ether oxygens (including phenoxy) is 1. The van der Waals surface area contributed by atoms with Gasteiger partial charge < -0.3 is 4.74 Å². The van der Waals surface area contributed by atoms with Crippen molar-refractivity contribution >= 4 is 12.4 Å². The molecular formula is C10H6F2O2. The highest BCUT2D eigenvalue weighted by molar-refractivity contribution is 5.84. The number of carbonyl (C=O) groups is 1. The second-order valence-electron chi connectivity index (χ2n) is 2.93. The Balaban J connectivity index is 2.53. The number of hydrogen-bond donors (Lipinski definition) is 0. The Bertz CT molecular complexity index is 424. The maximum atomic E-state index is 12.8. The molecule has 1 aromatic carbocycles. The van der Waals surface area contributed by atoms with Gasteiger partial charge in [0.2, 0.25) is 0 Å². The van der Waals surface area contributed by atoms with Gasteiger partial charge in [-0.3, -0.25) is 4.79 Å². The van der Waals surface area contributed by atoms with Crippen LogP contribution in [0.4, 0.5) is 8.78 Å². The van der Waals surface area contributed by atoms with Crippen molar-refractivity contribution in [3.8, 4) is 5.75 Å². The van der Waals surface area contributed by atoms with Crippen LogP contribution in [0.5, 0.6) is 5.75 Å². The summed E-state index contributed by atoms with van der Waals surface area (Å²) >= 11 is 0. The van der Waals surface area contributed by atoms with Gasteiger partial charge in [0, 0.05) is 17.2 Å². The van der Waals surface area contributed by atoms with Crippen LogP contribution in [0.1, 0.15) is 5.56 Å². The van der Waals surface area contributed by atoms with Crippen LogP contribution in [-0.2, 0) is 4.79 Å². The molecule has 0 radical (unpaired) electrons. The molecule has 1 aliphatic heterocycles. The van der Waals surface area contributed by atoms with Crippen molar-refractivity contribution < 1.29 is 18.3 Å². The molecule has 1 aliphatic rings. The van der Waals surface area contributed by atoms with E-state index in [1.54, 1.807) is 0 Å². The van der Waals surface area contributed by atoms with Crippen LogP contribution >= 0.6 is 0 Å². The zero-order valence-electron chi connectivity index (χ0n) is 7.09. The first-order valence-corrected chi connectivity index (χ1v) is 3.98. The second-order valence-corrected chi connectivity index (χ2v) is 2.93. The van der Waals surface area contributed by atoms with Crippen molar-refractivity contribution in [2.24, 2.45) is 0 Å². The van der Waals surface area contributed by atoms with Crippen molar-refractivity contribution in [3.05, 3.63) is 34.9 Å². The van der Waals surface area contributed by atoms with Gasteiger partial charge in [-0.15, -0.1) is 0 Å². The predicted octanol–water partition coefficient (Wildman–Crippen LogP) is 1.94. The molecule has 0 fully saturated rings. The minimum Gasteiger partial charge on any atom is -0.488 e. The highest BCUT2D eigenvalue weighted by Gasteiger charge is 2.14. The number of carbonyl (C=O) groups excluding carboxylic acids is 1. The third-order valence-corrected chi connectivity index (χ3v) is 1.94. The van der Waals surface area contributed by atoms with Gasteiger partial charge in [0.15, 0.2) is 11.6 Å². The molecule has 0 spiro atoms. The van der Waals surface area contributed by atoms with Crippen molar-refractivity contribution in [2.75, 3.05) is 6.61 Å². The zero-order valence-corrected chi connectivity index (χ0v) is 7.09. The Morgan fingerprint density at radius 1 is 1.29 bits per heavy atom. The number of rotatable bonds is 1. The number of halogens is 2. The normalized spacial score (nSPS) is 14.0. The summed E-state index contributed by atoms with van der Waals surface area (Å²) in [5, 5.41) is 0. The van der Waals surface area contributed by atoms with Gasteiger partial charge in [-0.25, -0.2) is 8.78 Å². The molecule has 2 nitrogen and oxygen atoms in total. The summed E-state index contributed by atoms with van der Waals surface area (Å²) in [5.74, 6) is -1.64. The molecule has 0 atom stereocenters. The molecule has 0 aliphatic carbocycles. The van der Waals surface area contributed by atoms with Crippen LogP contribution < -0.4 is 4.74 Å². The number of aldehydes is 1. The van der Waals surface area contributed by atoms with Crippen LogP contribution in [0.3, 0.4) is 0 Å². The van der Waals surface area contributed by atoms with E-state index < -0.39 is 11.6 Å². The average Bonchev–Trinajstić information content (AvgIpc) is 2.19. The van der Waals surface area contributed by atoms with E-state index in [1.165, 1.54) is 6.08 Å². The summed E-state index contributed by atoms with van der Waals surface area (Å²) in [6.45, 7) is 0.0988. The van der Waals surface area contributed by atoms with Crippen molar-refractivity contribution in [1.29, 1.82) is 0 Å². The fourth-order valence-electron chi connectivity index (χ4n) is 1.25. The lowest BCUT2D eigenvalue weighted by atomic mass is 10.1. The molecule has 0 aromatic heterocycles. The first kappa shape index (κ1) is 8.87. The predicted molar refractivity (Wildman–Crippen MR) is 45.9 cm³/mol. The Morgan fingerprint density at radius 2 is 2.00 bits per heavy atom. The van der Waals surface area contributed by atoms with E-state index in [0.717, 1.165) is 12.1 Å². The third kappa shape index (κ3) is 1.39. The van der Waals surface area contributed by atoms with E-state index in [9.17, 15) is 13.6 Å². The smallest absolute Gasteiger partial charge is 0.162 e. The fraction of sp³-hybridized carbons (Fsp3) is 0.100. The molecule has 0 N–H and O–H groups in total. The number of benzene rings is 1. The Hall–Kier alpha value is -1.71. The number of hydrogen-bond acceptors (Lipinski definition) is 2. The molecule has 0 unspecified atom stereocenters. The van der Waals surface area contributed by atoms with Crippen LogP contribution in [0.15, 0.2) is 17.7 Å². The van der Waals surface area contributed by atoms with Crippen molar-refractivity contribution in [1.82, 2.24) is 0 Å². The fourth-order valence-corrected chi connectivity index (χ4v) is 1.25. The van der Waals surface area contributed by atoms with Crippen molar-refractivity contribution in [3.63, 3.8) is 0 Å². The summed E-state index contributed by atoms with van der Waals surface area (Å²) < 4.78 is 30.6. The lowest BCUT2D eigenvalue weighted by molar-refractivity contribution is -0.105. The van der Waals surface area contributed by atoms with E-state index in [1.807, 2.05) is 0 Å². The van der Waals surface area contributed by atoms with Gasteiger partial charge in [-0.2, -0.15) is 0 Å². The van der Waals surface area contributed by atoms with Crippen LogP contribution in [-0.4, -0.2) is 12.9 Å². The van der Waals surface area contributed by atoms with Crippen LogP contribution in [0.25, 0.3) is 6.08 Å². The standard InChI is InChI=1S/C10H6F2O2/c11-8-2-7-1-6(4-13)5-14-10(7)3-9(8)12/h1-4H,5H2. The van der Waals surface area contributed by atoms with E-state index in [4.69, 9.17) is 4.74 Å². The lowest BCUT2D eigenvalue weighted by Crippen LogP contribution is -2.08. The maximum Gasteiger partial charge on any atom is 0.162 e. The first-order chi connectivity index (χ1) is 6.70. The molecule has 0 bridgehead atoms. The summed E-state index contributed by atoms with van der Waals surface area (Å²) in [5.41, 5.74) is 0.792. The van der Waals surface area contributed by atoms with E-state index in [2.05, 4.69) is 0 Å². The van der Waals surface area contributed by atoms with Crippen molar-refractivity contribution in [2.45, 2.75) is 0 Å². The highest BCUT2D eigenvalue weighted by atomic mass is 19.2. The Kier molecular flexibility index (Phi) is 2.04. The summed E-state index contributed by atoms with van der Waals surface area (Å²) in [4.78, 5) is 10.4. The number of fused-ring (bicyclic) bond motifs is 1. The summed E-state index contributed by atoms with van der Waals surface area (Å²) in [7, 11) is 0. The quantitative estimate of drug-likeness (QED) is 0.641. The second kappa shape index (κ2) is 3.21. The van der Waals surface area contributed by atoms with Crippen LogP contribution in [0, 0.1) is 11.6 Å². The minimum absolute atomic E-state index is 0.0988. The largest absolute Gasteiger partial charge is 0.488 e. The Labute approximate surface area is 78.8 Å². The molecule has 0 amide bonds. The van der Waals surface area contributed by atoms with E-state index >= 15 is 0 Å². The van der Waals surface area contributed by atoms with Gasteiger partial charge in [-0.1, -0.05) is 0 Å². The van der Waals surface area contributed by atoms with Gasteiger partial charge in [0.25, 0.3) is 0 Å². The SMILES string of the molecule is O=CC1=Cc2cc(F)c(F)cc2OC1. The Morgan fingerprint density at radius 3 is 2.71 bits per heavy atom. The van der Waals surface area contributed by atoms with E-state index in [-0.39, 0.29) is 12.4 Å². The average molecular weight is 196 g/mol. The monoisotopic (exact) mass is 196 g/mol. The molecule has 1 heterocycles. The van der Waals surface area contributed by atoms with Gasteiger partial charge in [-0.05, 0) is 12.1 Å². The topological polar surface area (TPSA) is 26.3 Å². The summed E-state index contributed by atoms with van der Waals surface area (Å²) in [6, 6.07) is 1.98. The van der Waals surface area contributed by atoms with Gasteiger partial charge >= 0.3 is 0 Å². The third-order valence-electron chi connectivity index (χ3n) is 1.94. The van der Waals surface area contributed by atoms with E-state index in [0.29, 0.717) is 17.4 Å². The zero-order chi connectivity index (χ0) is 10.1. The van der Waals surface area contributed by atoms with Crippen LogP contribution in [0.2, 0.25) is 0 Å². The molecule has 4 heteroatoms. The maximum absolute atomic E-state index is 12.8. The molecule has 72 valence electrons. The molecule has 0 saturated heterocycles.